The lowest BCUT2D eigenvalue weighted by Crippen LogP contribution is -2.28. The summed E-state index contributed by atoms with van der Waals surface area (Å²) in [5, 5.41) is 5.82. The number of amides is 2. The molecule has 31 heavy (non-hydrogen) atoms. The number of fused-ring (bicyclic) bond motifs is 2. The van der Waals surface area contributed by atoms with E-state index in [2.05, 4.69) is 22.8 Å². The second kappa shape index (κ2) is 8.84. The molecule has 0 radical (unpaired) electrons. The highest BCUT2D eigenvalue weighted by molar-refractivity contribution is 5.95. The van der Waals surface area contributed by atoms with E-state index in [4.69, 9.17) is 9.47 Å². The second-order valence-electron chi connectivity index (χ2n) is 8.03. The molecule has 0 spiro atoms. The fourth-order valence-electron chi connectivity index (χ4n) is 4.69. The third-order valence-corrected chi connectivity index (χ3v) is 6.12. The molecule has 0 saturated carbocycles. The fourth-order valence-corrected chi connectivity index (χ4v) is 4.69. The third-order valence-electron chi connectivity index (χ3n) is 6.12. The van der Waals surface area contributed by atoms with Crippen LogP contribution in [-0.4, -0.2) is 32.6 Å². The average molecular weight is 421 g/mol. The zero-order valence-electron chi connectivity index (χ0n) is 18.2. The van der Waals surface area contributed by atoms with Crippen LogP contribution in [-0.2, 0) is 4.79 Å². The van der Waals surface area contributed by atoms with Crippen molar-refractivity contribution in [1.29, 1.82) is 0 Å². The van der Waals surface area contributed by atoms with Gasteiger partial charge >= 0.3 is 0 Å². The summed E-state index contributed by atoms with van der Waals surface area (Å²) in [4.78, 5) is 23.9. The van der Waals surface area contributed by atoms with E-state index in [9.17, 15) is 9.59 Å². The molecule has 2 amide bonds. The summed E-state index contributed by atoms with van der Waals surface area (Å²) in [6, 6.07) is 11.1. The maximum Gasteiger partial charge on any atom is 0.251 e. The molecule has 1 unspecified atom stereocenters. The van der Waals surface area contributed by atoms with Gasteiger partial charge in [-0.3, -0.25) is 9.59 Å². The van der Waals surface area contributed by atoms with Gasteiger partial charge in [0.05, 0.1) is 14.2 Å². The van der Waals surface area contributed by atoms with Gasteiger partial charge in [0.15, 0.2) is 11.5 Å². The zero-order valence-corrected chi connectivity index (χ0v) is 18.2. The lowest BCUT2D eigenvalue weighted by molar-refractivity contribution is -0.114. The Morgan fingerprint density at radius 3 is 2.35 bits per heavy atom. The van der Waals surface area contributed by atoms with Crippen LogP contribution in [0.1, 0.15) is 60.0 Å². The Labute approximate surface area is 182 Å². The predicted molar refractivity (Wildman–Crippen MR) is 121 cm³/mol. The number of carbonyl (C=O) groups is 2. The van der Waals surface area contributed by atoms with Gasteiger partial charge in [-0.15, -0.1) is 0 Å². The molecule has 6 nitrogen and oxygen atoms in total. The highest BCUT2D eigenvalue weighted by Gasteiger charge is 2.34. The molecular formula is C25H28N2O4. The predicted octanol–water partition coefficient (Wildman–Crippen LogP) is 4.52. The van der Waals surface area contributed by atoms with Crippen molar-refractivity contribution in [2.45, 2.75) is 38.5 Å². The Bertz CT molecular complexity index is 1040. The molecule has 6 heteroatoms. The molecule has 2 aliphatic carbocycles. The van der Waals surface area contributed by atoms with E-state index in [1.54, 1.807) is 38.5 Å². The summed E-state index contributed by atoms with van der Waals surface area (Å²) in [6.07, 6.45) is 4.48. The molecule has 0 bridgehead atoms. The lowest BCUT2D eigenvalue weighted by atomic mass is 9.87. The Morgan fingerprint density at radius 2 is 1.68 bits per heavy atom. The number of anilines is 1. The fraction of sp³-hybridized carbons (Fsp3) is 0.360. The summed E-state index contributed by atoms with van der Waals surface area (Å²) < 4.78 is 11.1. The number of methoxy groups -OCH3 is 2. The Morgan fingerprint density at radius 1 is 1.00 bits per heavy atom. The van der Waals surface area contributed by atoms with Gasteiger partial charge in [0.1, 0.15) is 0 Å². The quantitative estimate of drug-likeness (QED) is 0.721. The number of hydrogen-bond donors (Lipinski definition) is 2. The van der Waals surface area contributed by atoms with Crippen molar-refractivity contribution in [1.82, 2.24) is 5.32 Å². The number of carbonyl (C=O) groups excluding carboxylic acids is 2. The summed E-state index contributed by atoms with van der Waals surface area (Å²) in [7, 11) is 3.30. The van der Waals surface area contributed by atoms with E-state index in [1.807, 2.05) is 0 Å². The minimum Gasteiger partial charge on any atom is -0.493 e. The highest BCUT2D eigenvalue weighted by Crippen LogP contribution is 2.51. The Kier molecular flexibility index (Phi) is 5.98. The molecule has 1 atom stereocenters. The Balaban J connectivity index is 1.55. The van der Waals surface area contributed by atoms with Crippen molar-refractivity contribution in [2.75, 3.05) is 26.1 Å². The molecule has 2 aliphatic rings. The van der Waals surface area contributed by atoms with Gasteiger partial charge in [-0.2, -0.15) is 0 Å². The monoisotopic (exact) mass is 420 g/mol. The first-order valence-electron chi connectivity index (χ1n) is 10.7. The van der Waals surface area contributed by atoms with Gasteiger partial charge in [-0.25, -0.2) is 0 Å². The summed E-state index contributed by atoms with van der Waals surface area (Å²) >= 11 is 0. The molecule has 2 aromatic carbocycles. The molecule has 2 N–H and O–H groups in total. The highest BCUT2D eigenvalue weighted by atomic mass is 16.5. The van der Waals surface area contributed by atoms with Crippen molar-refractivity contribution in [2.24, 2.45) is 0 Å². The zero-order chi connectivity index (χ0) is 22.0. The van der Waals surface area contributed by atoms with Crippen molar-refractivity contribution >= 4 is 23.1 Å². The van der Waals surface area contributed by atoms with E-state index in [0.717, 1.165) is 18.6 Å². The van der Waals surface area contributed by atoms with E-state index in [0.29, 0.717) is 23.5 Å². The lowest BCUT2D eigenvalue weighted by Gasteiger charge is -2.21. The molecule has 0 aromatic heterocycles. The summed E-state index contributed by atoms with van der Waals surface area (Å²) in [5.74, 6) is 1.34. The topological polar surface area (TPSA) is 76.7 Å². The van der Waals surface area contributed by atoms with Crippen molar-refractivity contribution in [3.8, 4) is 11.5 Å². The molecule has 4 rings (SSSR count). The van der Waals surface area contributed by atoms with E-state index in [1.165, 1.54) is 42.0 Å². The van der Waals surface area contributed by atoms with Crippen LogP contribution in [0.25, 0.3) is 5.57 Å². The SMILES string of the molecule is COc1cc2c(cc1OC)C(CNC(=O)c1ccc(NC(C)=O)cc1)C1=C2CCCC1. The van der Waals surface area contributed by atoms with E-state index < -0.39 is 0 Å². The molecular weight excluding hydrogens is 392 g/mol. The van der Waals surface area contributed by atoms with Crippen LogP contribution in [0, 0.1) is 0 Å². The number of ether oxygens (including phenoxy) is 2. The third kappa shape index (κ3) is 4.15. The Hall–Kier alpha value is -3.28. The van der Waals surface area contributed by atoms with Crippen LogP contribution < -0.4 is 20.1 Å². The molecule has 0 aliphatic heterocycles. The smallest absolute Gasteiger partial charge is 0.251 e. The molecule has 0 saturated heterocycles. The van der Waals surface area contributed by atoms with E-state index >= 15 is 0 Å². The molecule has 162 valence electrons. The van der Waals surface area contributed by atoms with Crippen molar-refractivity contribution < 1.29 is 19.1 Å². The molecule has 2 aromatic rings. The number of nitrogens with one attached hydrogen (secondary N) is 2. The standard InChI is InChI=1S/C25H28N2O4/c1-15(28)27-17-10-8-16(9-11-17)25(29)26-14-22-19-7-5-4-6-18(19)20-12-23(30-2)24(31-3)13-21(20)22/h8-13,22H,4-7,14H2,1-3H3,(H,26,29)(H,27,28). The maximum atomic E-state index is 12.8. The summed E-state index contributed by atoms with van der Waals surface area (Å²) in [5.41, 5.74) is 6.50. The number of hydrogen-bond acceptors (Lipinski definition) is 4. The first-order chi connectivity index (χ1) is 15.0. The number of rotatable bonds is 6. The minimum absolute atomic E-state index is 0.124. The van der Waals surface area contributed by atoms with Crippen LogP contribution in [0.4, 0.5) is 5.69 Å². The largest absolute Gasteiger partial charge is 0.493 e. The first kappa shape index (κ1) is 21.0. The van der Waals surface area contributed by atoms with Crippen LogP contribution in [0.5, 0.6) is 11.5 Å². The minimum atomic E-state index is -0.138. The first-order valence-corrected chi connectivity index (χ1v) is 10.7. The normalized spacial score (nSPS) is 16.9. The number of allylic oxidation sites excluding steroid dienone is 1. The molecule has 0 heterocycles. The van der Waals surface area contributed by atoms with Crippen LogP contribution in [0.15, 0.2) is 42.0 Å². The van der Waals surface area contributed by atoms with Gasteiger partial charge in [0.2, 0.25) is 5.91 Å². The van der Waals surface area contributed by atoms with Gasteiger partial charge in [0.25, 0.3) is 5.91 Å². The van der Waals surface area contributed by atoms with Crippen LogP contribution >= 0.6 is 0 Å². The van der Waals surface area contributed by atoms with E-state index in [-0.39, 0.29) is 17.7 Å². The molecule has 0 fully saturated rings. The maximum absolute atomic E-state index is 12.8. The average Bonchev–Trinajstić information content (AvgIpc) is 3.09. The number of benzene rings is 2. The van der Waals surface area contributed by atoms with Gasteiger partial charge in [0, 0.05) is 30.6 Å². The van der Waals surface area contributed by atoms with Crippen LogP contribution in [0.2, 0.25) is 0 Å². The van der Waals surface area contributed by atoms with Crippen molar-refractivity contribution in [3.63, 3.8) is 0 Å². The second-order valence-corrected chi connectivity index (χ2v) is 8.03. The van der Waals surface area contributed by atoms with Gasteiger partial charge in [-0.05, 0) is 78.8 Å². The van der Waals surface area contributed by atoms with Gasteiger partial charge in [-0.1, -0.05) is 5.57 Å². The van der Waals surface area contributed by atoms with Crippen molar-refractivity contribution in [3.05, 3.63) is 58.7 Å². The summed E-state index contributed by atoms with van der Waals surface area (Å²) in [6.45, 7) is 1.99. The van der Waals surface area contributed by atoms with Crippen LogP contribution in [0.3, 0.4) is 0 Å². The van der Waals surface area contributed by atoms with Gasteiger partial charge < -0.3 is 20.1 Å².